The van der Waals surface area contributed by atoms with Crippen LogP contribution >= 0.6 is 7.26 Å². The molecule has 1 saturated heterocycles. The Morgan fingerprint density at radius 3 is 0.965 bits per heavy atom. The molecule has 5 aromatic carbocycles. The van der Waals surface area contributed by atoms with E-state index in [1.165, 1.54) is 0 Å². The lowest BCUT2D eigenvalue weighted by Gasteiger charge is -2.56. The third-order valence-corrected chi connectivity index (χ3v) is 14.7. The van der Waals surface area contributed by atoms with E-state index in [1.54, 1.807) is 0 Å². The van der Waals surface area contributed by atoms with Crippen LogP contribution in [0.1, 0.15) is 18.3 Å². The molecule has 1 fully saturated rings. The minimum absolute atomic E-state index is 0.303. The van der Waals surface area contributed by atoms with E-state index in [1.807, 2.05) is 0 Å². The quantitative estimate of drug-likeness (QED) is 0.0564. The summed E-state index contributed by atoms with van der Waals surface area (Å²) in [7, 11) is -6.28. The van der Waals surface area contributed by atoms with Gasteiger partial charge in [0.1, 0.15) is 30.5 Å². The van der Waals surface area contributed by atoms with Crippen molar-refractivity contribution >= 4 is 35.1 Å². The highest BCUT2D eigenvalue weighted by Crippen LogP contribution is 2.76. The minimum atomic E-state index is -6.28. The summed E-state index contributed by atoms with van der Waals surface area (Å²) in [6, 6.07) is 3.87. The van der Waals surface area contributed by atoms with Gasteiger partial charge in [0, 0.05) is 5.56 Å². The summed E-state index contributed by atoms with van der Waals surface area (Å²) in [4.78, 5) is 0. The molecule has 2 atom stereocenters. The minimum Gasteiger partial charge on any atom is -0.546 e. The number of halogens is 20. The van der Waals surface area contributed by atoms with Gasteiger partial charge in [-0.1, -0.05) is 41.3 Å². The first-order valence-corrected chi connectivity index (χ1v) is 17.3. The second-order valence-electron chi connectivity index (χ2n) is 12.5. The smallest absolute Gasteiger partial charge is 0.207 e. The molecule has 1 heterocycles. The summed E-state index contributed by atoms with van der Waals surface area (Å²) >= 11 is 0. The molecule has 1 aliphatic heterocycles. The van der Waals surface area contributed by atoms with Crippen LogP contribution in [-0.4, -0.2) is 12.0 Å². The lowest BCUT2D eigenvalue weighted by Crippen LogP contribution is -2.70. The molecular formula is C34H12BF20OP. The van der Waals surface area contributed by atoms with Crippen LogP contribution in [0.4, 0.5) is 87.8 Å². The zero-order valence-electron chi connectivity index (χ0n) is 27.2. The fourth-order valence-corrected chi connectivity index (χ4v) is 12.8. The van der Waals surface area contributed by atoms with E-state index in [2.05, 4.69) is 0 Å². The molecule has 23 heteroatoms. The van der Waals surface area contributed by atoms with Crippen molar-refractivity contribution in [3.8, 4) is 0 Å². The van der Waals surface area contributed by atoms with E-state index in [9.17, 15) is 35.1 Å². The summed E-state index contributed by atoms with van der Waals surface area (Å²) in [6.45, 7) is 0.303. The molecule has 0 spiro atoms. The molecule has 1 aliphatic rings. The Morgan fingerprint density at radius 1 is 0.404 bits per heavy atom. The Balaban J connectivity index is 1.95. The number of benzene rings is 5. The maximum absolute atomic E-state index is 16.1. The van der Waals surface area contributed by atoms with Gasteiger partial charge < -0.3 is 4.65 Å². The van der Waals surface area contributed by atoms with Crippen LogP contribution in [-0.2, 0) is 4.65 Å². The molecule has 6 rings (SSSR count). The standard InChI is InChI=1S/C34H12BF20OP/c1-8-7-35(10-12(36)16(40)20(44)17(41)13(10)37,11-14(38)18(42)21(45)19(43)15(11)39)56-34(9-5-3-2-4-6-9)57(8,32-28(52)24(48)22(46)25(49)29(32)53)33-30(54)26(50)23(47)27(51)31(33)55/h2-6,8,34H,7H2,1H3/t8-,34-/m1/s1. The van der Waals surface area contributed by atoms with Gasteiger partial charge in [0.15, 0.2) is 57.7 Å². The van der Waals surface area contributed by atoms with E-state index in [4.69, 9.17) is 4.65 Å². The van der Waals surface area contributed by atoms with Crippen molar-refractivity contribution < 1.29 is 92.5 Å². The normalized spacial score (nSPS) is 17.7. The maximum Gasteiger partial charge on any atom is 0.207 e. The van der Waals surface area contributed by atoms with Crippen LogP contribution in [0.3, 0.4) is 0 Å². The molecule has 0 radical (unpaired) electrons. The molecule has 0 aromatic heterocycles. The molecule has 5 aromatic rings. The van der Waals surface area contributed by atoms with Gasteiger partial charge in [-0.25, -0.2) is 70.2 Å². The largest absolute Gasteiger partial charge is 0.546 e. The highest BCUT2D eigenvalue weighted by Gasteiger charge is 2.68. The van der Waals surface area contributed by atoms with Gasteiger partial charge in [0.2, 0.25) is 58.2 Å². The van der Waals surface area contributed by atoms with E-state index in [0.29, 0.717) is 19.1 Å². The Morgan fingerprint density at radius 2 is 0.667 bits per heavy atom. The van der Waals surface area contributed by atoms with Crippen LogP contribution in [0.5, 0.6) is 0 Å². The second-order valence-corrected chi connectivity index (χ2v) is 16.3. The number of hydrogen-bond acceptors (Lipinski definition) is 1. The summed E-state index contributed by atoms with van der Waals surface area (Å²) < 4.78 is 311. The van der Waals surface area contributed by atoms with Gasteiger partial charge in [-0.2, -0.15) is 17.6 Å². The maximum atomic E-state index is 16.1. The van der Waals surface area contributed by atoms with E-state index < -0.39 is 175 Å². The van der Waals surface area contributed by atoms with E-state index in [-0.39, 0.29) is 0 Å². The first-order valence-electron chi connectivity index (χ1n) is 15.4. The van der Waals surface area contributed by atoms with Crippen molar-refractivity contribution in [2.75, 3.05) is 0 Å². The van der Waals surface area contributed by atoms with E-state index in [0.717, 1.165) is 18.2 Å². The predicted molar refractivity (Wildman–Crippen MR) is 161 cm³/mol. The van der Waals surface area contributed by atoms with Crippen LogP contribution in [0.25, 0.3) is 0 Å². The summed E-state index contributed by atoms with van der Waals surface area (Å²) in [5.41, 5.74) is -9.17. The Kier molecular flexibility index (Phi) is 10.4. The van der Waals surface area contributed by atoms with Gasteiger partial charge in [-0.3, -0.25) is 0 Å². The zero-order chi connectivity index (χ0) is 42.5. The van der Waals surface area contributed by atoms with Crippen LogP contribution in [0.2, 0.25) is 6.32 Å². The predicted octanol–water partition coefficient (Wildman–Crippen LogP) is 9.31. The third-order valence-electron chi connectivity index (χ3n) is 9.72. The Labute approximate surface area is 304 Å². The van der Waals surface area contributed by atoms with Crippen LogP contribution in [0.15, 0.2) is 30.3 Å². The van der Waals surface area contributed by atoms with Gasteiger partial charge in [0.25, 0.3) is 0 Å². The summed E-state index contributed by atoms with van der Waals surface area (Å²) in [5.74, 6) is -64.2. The van der Waals surface area contributed by atoms with Crippen molar-refractivity contribution in [1.82, 2.24) is 0 Å². The van der Waals surface area contributed by atoms with Crippen molar-refractivity contribution in [2.24, 2.45) is 0 Å². The van der Waals surface area contributed by atoms with Gasteiger partial charge in [-0.05, 0) is 6.92 Å². The Hall–Kier alpha value is -4.85. The summed E-state index contributed by atoms with van der Waals surface area (Å²) in [6.07, 6.45) is -7.82. The lowest BCUT2D eigenvalue weighted by atomic mass is 9.29. The molecular weight excluding hydrogens is 846 g/mol. The Bertz CT molecular complexity index is 2280. The SMILES string of the molecule is C[C@@H]1C[B-](c2c(F)c(F)c(F)c(F)c2F)(c2c(F)c(F)c(F)c(F)c2F)O[C@@H](c2ccccc2)[P+]1(c1c(F)c(F)c(F)c(F)c1F)c1c(F)c(F)c(F)c(F)c1F. The number of rotatable bonds is 5. The fraction of sp³-hybridized carbons (Fsp3) is 0.118. The molecule has 0 unspecified atom stereocenters. The topological polar surface area (TPSA) is 9.23 Å². The molecule has 57 heavy (non-hydrogen) atoms. The third kappa shape index (κ3) is 5.56. The highest BCUT2D eigenvalue weighted by molar-refractivity contribution is 7.90. The molecule has 0 bridgehead atoms. The van der Waals surface area contributed by atoms with Crippen molar-refractivity contribution in [2.45, 2.75) is 24.7 Å². The monoisotopic (exact) mass is 858 g/mol. The molecule has 0 amide bonds. The zero-order valence-corrected chi connectivity index (χ0v) is 28.1. The van der Waals surface area contributed by atoms with Crippen molar-refractivity contribution in [3.05, 3.63) is 152 Å². The first kappa shape index (κ1) is 41.8. The van der Waals surface area contributed by atoms with Crippen LogP contribution < -0.4 is 21.5 Å². The van der Waals surface area contributed by atoms with Gasteiger partial charge in [-0.15, -0.1) is 6.32 Å². The van der Waals surface area contributed by atoms with Gasteiger partial charge >= 0.3 is 0 Å². The van der Waals surface area contributed by atoms with Gasteiger partial charge in [0.05, 0.1) is 5.66 Å². The average molecular weight is 858 g/mol. The lowest BCUT2D eigenvalue weighted by molar-refractivity contribution is 0.268. The number of hydrogen-bond donors (Lipinski definition) is 0. The molecule has 1 nitrogen and oxygen atoms in total. The first-order chi connectivity index (χ1) is 26.5. The van der Waals surface area contributed by atoms with Crippen molar-refractivity contribution in [1.29, 1.82) is 0 Å². The molecule has 0 aliphatic carbocycles. The average Bonchev–Trinajstić information content (AvgIpc) is 3.19. The molecule has 0 saturated carbocycles. The second kappa shape index (κ2) is 14.2. The highest BCUT2D eigenvalue weighted by atomic mass is 31.2. The summed E-state index contributed by atoms with van der Waals surface area (Å²) in [5, 5.41) is -4.94. The fourth-order valence-electron chi connectivity index (χ4n) is 7.38. The van der Waals surface area contributed by atoms with Crippen LogP contribution in [0, 0.1) is 116 Å². The van der Waals surface area contributed by atoms with Crippen molar-refractivity contribution in [3.63, 3.8) is 0 Å². The molecule has 0 N–H and O–H groups in total. The van der Waals surface area contributed by atoms with E-state index >= 15 is 52.7 Å². The molecule has 302 valence electrons.